The van der Waals surface area contributed by atoms with Crippen LogP contribution in [0, 0.1) is 5.92 Å². The van der Waals surface area contributed by atoms with E-state index in [0.717, 1.165) is 37.4 Å². The largest absolute Gasteiger partial charge is 0.468 e. The fourth-order valence-electron chi connectivity index (χ4n) is 6.37. The van der Waals surface area contributed by atoms with Gasteiger partial charge in [-0.1, -0.05) is 35.7 Å². The molecule has 0 aromatic heterocycles. The van der Waals surface area contributed by atoms with Crippen molar-refractivity contribution in [3.63, 3.8) is 0 Å². The highest BCUT2D eigenvalue weighted by molar-refractivity contribution is 9.11. The van der Waals surface area contributed by atoms with Gasteiger partial charge in [-0.25, -0.2) is 9.48 Å². The number of hydrogen-bond donors (Lipinski definition) is 2. The van der Waals surface area contributed by atoms with Crippen LogP contribution in [0.3, 0.4) is 0 Å². The number of rotatable bonds is 10. The molecule has 0 radical (unpaired) electrons. The Kier molecular flexibility index (Phi) is 11.3. The third-order valence-corrected chi connectivity index (χ3v) is 12.5. The number of aliphatic hydroxyl groups is 1. The zero-order valence-corrected chi connectivity index (χ0v) is 28.3. The second kappa shape index (κ2) is 14.8. The first-order chi connectivity index (χ1) is 21.6. The number of nitrogens with one attached hydrogen (secondary N) is 1. The van der Waals surface area contributed by atoms with E-state index in [1.165, 1.54) is 24.3 Å². The SMILES string of the molecule is COC(=O)C1(NP(OC[C@H]2O[C@@H](N3/C=C(/C=C/Br)C(=O)CCCC3=O)CC2O)(OC2=CC(C)C(F)C=C2)=C2CCC2)CCCC1. The number of halogens is 2. The first-order valence-corrected chi connectivity index (χ1v) is 18.3. The van der Waals surface area contributed by atoms with Gasteiger partial charge in [0.2, 0.25) is 13.4 Å². The van der Waals surface area contributed by atoms with E-state index >= 15 is 0 Å². The number of Topliss-reactive ketones (excluding diaryl/α,β-unsaturated/α-hetero) is 1. The normalized spacial score (nSPS) is 32.8. The summed E-state index contributed by atoms with van der Waals surface area (Å²) in [5, 5.41) is 15.7. The number of aliphatic hydroxyl groups excluding tert-OH is 1. The zero-order valence-electron chi connectivity index (χ0n) is 25.8. The second-order valence-corrected chi connectivity index (χ2v) is 15.3. The maximum absolute atomic E-state index is 14.3. The highest BCUT2D eigenvalue weighted by atomic mass is 79.9. The fraction of sp³-hybridized carbons (Fsp3) is 0.625. The number of carbonyl (C=O) groups is 3. The summed E-state index contributed by atoms with van der Waals surface area (Å²) < 4.78 is 39.2. The Morgan fingerprint density at radius 2 is 1.96 bits per heavy atom. The third kappa shape index (κ3) is 7.57. The smallest absolute Gasteiger partial charge is 0.326 e. The van der Waals surface area contributed by atoms with E-state index < -0.39 is 43.6 Å². The average Bonchev–Trinajstić information content (AvgIpc) is 3.60. The summed E-state index contributed by atoms with van der Waals surface area (Å²) in [7, 11) is -1.83. The number of alkyl halides is 1. The molecule has 248 valence electrons. The molecule has 5 aliphatic rings. The van der Waals surface area contributed by atoms with Crippen LogP contribution in [0.15, 0.2) is 46.8 Å². The van der Waals surface area contributed by atoms with Gasteiger partial charge in [0, 0.05) is 42.2 Å². The summed E-state index contributed by atoms with van der Waals surface area (Å²) in [6, 6.07) is 0. The summed E-state index contributed by atoms with van der Waals surface area (Å²) in [6.45, 7) is 1.68. The van der Waals surface area contributed by atoms with Gasteiger partial charge in [0.25, 0.3) is 0 Å². The van der Waals surface area contributed by atoms with Crippen molar-refractivity contribution in [3.05, 3.63) is 46.8 Å². The number of ether oxygens (including phenoxy) is 2. The van der Waals surface area contributed by atoms with Gasteiger partial charge in [-0.05, 0) is 67.8 Å². The molecule has 3 fully saturated rings. The van der Waals surface area contributed by atoms with Crippen LogP contribution >= 0.6 is 23.4 Å². The molecule has 2 heterocycles. The molecule has 2 N–H and O–H groups in total. The van der Waals surface area contributed by atoms with Gasteiger partial charge in [0.1, 0.15) is 29.8 Å². The van der Waals surface area contributed by atoms with Gasteiger partial charge in [-0.15, -0.1) is 0 Å². The number of methoxy groups -OCH3 is 1. The molecule has 1 amide bonds. The predicted octanol–water partition coefficient (Wildman–Crippen LogP) is 5.49. The summed E-state index contributed by atoms with van der Waals surface area (Å²) in [6.07, 6.45) is 10.3. The number of allylic oxidation sites excluding steroid dienone is 5. The minimum absolute atomic E-state index is 0.0807. The molecule has 0 aromatic carbocycles. The van der Waals surface area contributed by atoms with E-state index in [9.17, 15) is 23.9 Å². The van der Waals surface area contributed by atoms with Crippen molar-refractivity contribution in [2.24, 2.45) is 5.92 Å². The average molecular weight is 714 g/mol. The van der Waals surface area contributed by atoms with Gasteiger partial charge in [0.05, 0.1) is 19.8 Å². The molecule has 6 atom stereocenters. The van der Waals surface area contributed by atoms with Crippen LogP contribution in [0.2, 0.25) is 0 Å². The van der Waals surface area contributed by atoms with Gasteiger partial charge in [-0.2, -0.15) is 0 Å². The Labute approximate surface area is 272 Å². The Hall–Kier alpha value is -2.08. The van der Waals surface area contributed by atoms with Crippen LogP contribution in [0.25, 0.3) is 0 Å². The molecule has 0 bridgehead atoms. The van der Waals surface area contributed by atoms with Crippen molar-refractivity contribution in [2.75, 3.05) is 13.7 Å². The van der Waals surface area contributed by atoms with Crippen molar-refractivity contribution < 1.29 is 42.4 Å². The number of ketones is 1. The minimum atomic E-state index is -3.20. The molecule has 0 spiro atoms. The summed E-state index contributed by atoms with van der Waals surface area (Å²) in [5.74, 6) is -0.614. The Balaban J connectivity index is 1.43. The van der Waals surface area contributed by atoms with Crippen molar-refractivity contribution in [1.82, 2.24) is 9.99 Å². The van der Waals surface area contributed by atoms with E-state index in [4.69, 9.17) is 18.5 Å². The lowest BCUT2D eigenvalue weighted by atomic mass is 10.00. The molecule has 0 aromatic rings. The number of nitrogens with zero attached hydrogens (tertiary/aromatic N) is 1. The van der Waals surface area contributed by atoms with Crippen molar-refractivity contribution >= 4 is 46.4 Å². The Morgan fingerprint density at radius 3 is 2.60 bits per heavy atom. The number of amides is 1. The summed E-state index contributed by atoms with van der Waals surface area (Å²) in [5.41, 5.74) is -0.645. The van der Waals surface area contributed by atoms with Gasteiger partial charge < -0.3 is 23.6 Å². The lowest BCUT2D eigenvalue weighted by Crippen LogP contribution is -2.50. The van der Waals surface area contributed by atoms with Gasteiger partial charge in [0.15, 0.2) is 5.78 Å². The number of esters is 1. The van der Waals surface area contributed by atoms with Crippen LogP contribution < -0.4 is 5.09 Å². The molecule has 3 aliphatic carbocycles. The van der Waals surface area contributed by atoms with Crippen LogP contribution in [-0.4, -0.2) is 76.8 Å². The molecular formula is C32H43BrFN2O8P. The topological polar surface area (TPSA) is 124 Å². The van der Waals surface area contributed by atoms with Crippen LogP contribution in [-0.2, 0) is 32.9 Å². The fourth-order valence-corrected chi connectivity index (χ4v) is 9.85. The maximum Gasteiger partial charge on any atom is 0.326 e. The van der Waals surface area contributed by atoms with Crippen molar-refractivity contribution in [1.29, 1.82) is 0 Å². The lowest BCUT2D eigenvalue weighted by Gasteiger charge is -2.41. The van der Waals surface area contributed by atoms with Crippen molar-refractivity contribution in [2.45, 2.75) is 108 Å². The van der Waals surface area contributed by atoms with E-state index in [1.807, 2.05) is 0 Å². The second-order valence-electron chi connectivity index (χ2n) is 12.4. The van der Waals surface area contributed by atoms with E-state index in [1.54, 1.807) is 30.1 Å². The minimum Gasteiger partial charge on any atom is -0.468 e. The summed E-state index contributed by atoms with van der Waals surface area (Å²) >= 11 is 3.21. The molecule has 1 saturated heterocycles. The molecule has 10 nitrogen and oxygen atoms in total. The highest BCUT2D eigenvalue weighted by Gasteiger charge is 2.49. The predicted molar refractivity (Wildman–Crippen MR) is 172 cm³/mol. The highest BCUT2D eigenvalue weighted by Crippen LogP contribution is 2.57. The zero-order chi connectivity index (χ0) is 32.2. The molecule has 5 rings (SSSR count). The first-order valence-electron chi connectivity index (χ1n) is 15.8. The lowest BCUT2D eigenvalue weighted by molar-refractivity contribution is -0.147. The molecule has 2 saturated carbocycles. The van der Waals surface area contributed by atoms with Gasteiger partial charge >= 0.3 is 5.97 Å². The van der Waals surface area contributed by atoms with E-state index in [0.29, 0.717) is 30.6 Å². The standard InChI is InChI=1S/C32H43BrFN2O8P/c1-21-17-23(11-12-25(21)34)44-45(24-7-5-8-24,35-32(31(40)41-2)14-3-4-15-32)42-20-28-27(38)18-30(43-28)36-19-22(13-16-33)26(37)9-6-10-29(36)39/h11-13,16-17,19,21,25,27-28,30,35,38H,3-10,14-15,18,20H2,1-2H3/b16-13+,22-19-/t21?,25?,27?,28-,30-,45?/m1/s1. The third-order valence-electron chi connectivity index (χ3n) is 9.21. The quantitative estimate of drug-likeness (QED) is 0.224. The maximum atomic E-state index is 14.3. The Morgan fingerprint density at radius 1 is 1.22 bits per heavy atom. The first kappa shape index (κ1) is 34.3. The van der Waals surface area contributed by atoms with Crippen LogP contribution in [0.1, 0.15) is 77.6 Å². The molecule has 4 unspecified atom stereocenters. The Bertz CT molecular complexity index is 1330. The van der Waals surface area contributed by atoms with E-state index in [2.05, 4.69) is 21.0 Å². The molecule has 2 aliphatic heterocycles. The monoisotopic (exact) mass is 712 g/mol. The van der Waals surface area contributed by atoms with E-state index in [-0.39, 0.29) is 43.5 Å². The van der Waals surface area contributed by atoms with Gasteiger partial charge in [-0.3, -0.25) is 19.3 Å². The number of hydrogen-bond acceptors (Lipinski definition) is 9. The number of carbonyl (C=O) groups excluding carboxylic acids is 3. The van der Waals surface area contributed by atoms with Crippen LogP contribution in [0.4, 0.5) is 4.39 Å². The van der Waals surface area contributed by atoms with Crippen LogP contribution in [0.5, 0.6) is 0 Å². The molecule has 13 heteroatoms. The summed E-state index contributed by atoms with van der Waals surface area (Å²) in [4.78, 5) is 41.9. The molecule has 45 heavy (non-hydrogen) atoms. The van der Waals surface area contributed by atoms with Crippen molar-refractivity contribution in [3.8, 4) is 0 Å². The molecular weight excluding hydrogens is 670 g/mol.